The van der Waals surface area contributed by atoms with Crippen LogP contribution >= 0.6 is 24.8 Å². The van der Waals surface area contributed by atoms with E-state index in [0.717, 1.165) is 24.4 Å². The molecule has 2 aromatic rings. The van der Waals surface area contributed by atoms with Crippen molar-refractivity contribution >= 4 is 30.7 Å². The monoisotopic (exact) mass is 461 g/mol. The first-order valence-electron chi connectivity index (χ1n) is 9.33. The summed E-state index contributed by atoms with van der Waals surface area (Å²) in [5, 5.41) is 4.06. The molecule has 1 unspecified atom stereocenters. The van der Waals surface area contributed by atoms with E-state index in [1.807, 2.05) is 29.2 Å². The molecule has 1 aliphatic heterocycles. The fourth-order valence-corrected chi connectivity index (χ4v) is 3.11. The number of halogens is 2. The van der Waals surface area contributed by atoms with E-state index in [1.165, 1.54) is 0 Å². The summed E-state index contributed by atoms with van der Waals surface area (Å²) in [6.45, 7) is 3.75. The van der Waals surface area contributed by atoms with Gasteiger partial charge in [-0.25, -0.2) is 0 Å². The number of nitrogens with two attached hydrogens (primary N) is 1. The molecule has 1 atom stereocenters. The molecule has 0 saturated carbocycles. The Balaban J connectivity index is 0.00000225. The molecule has 0 aliphatic carbocycles. The van der Waals surface area contributed by atoms with E-state index in [0.29, 0.717) is 44.3 Å². The molecule has 9 nitrogen and oxygen atoms in total. The van der Waals surface area contributed by atoms with Crippen LogP contribution in [0.15, 0.2) is 28.8 Å². The van der Waals surface area contributed by atoms with Crippen molar-refractivity contribution in [2.75, 3.05) is 46.9 Å². The second-order valence-corrected chi connectivity index (χ2v) is 6.69. The summed E-state index contributed by atoms with van der Waals surface area (Å²) >= 11 is 0. The van der Waals surface area contributed by atoms with E-state index < -0.39 is 0 Å². The molecule has 1 amide bonds. The predicted molar refractivity (Wildman–Crippen MR) is 117 cm³/mol. The van der Waals surface area contributed by atoms with Crippen LogP contribution in [0.25, 0.3) is 11.4 Å². The van der Waals surface area contributed by atoms with Gasteiger partial charge >= 0.3 is 0 Å². The summed E-state index contributed by atoms with van der Waals surface area (Å²) in [5.41, 5.74) is 6.47. The Hall–Kier alpha value is -1.91. The number of amides is 1. The van der Waals surface area contributed by atoms with Gasteiger partial charge in [0.2, 0.25) is 17.6 Å². The van der Waals surface area contributed by atoms with Crippen LogP contribution < -0.4 is 10.5 Å². The molecule has 1 aromatic heterocycles. The number of benzene rings is 1. The summed E-state index contributed by atoms with van der Waals surface area (Å²) in [7, 11) is 3.20. The van der Waals surface area contributed by atoms with Gasteiger partial charge in [-0.3, -0.25) is 9.69 Å². The van der Waals surface area contributed by atoms with E-state index in [-0.39, 0.29) is 36.8 Å². The highest BCUT2D eigenvalue weighted by Gasteiger charge is 2.24. The van der Waals surface area contributed by atoms with Crippen LogP contribution in [0.4, 0.5) is 0 Å². The van der Waals surface area contributed by atoms with Gasteiger partial charge in [0.1, 0.15) is 5.75 Å². The van der Waals surface area contributed by atoms with Gasteiger partial charge in [-0.15, -0.1) is 24.8 Å². The topological polar surface area (TPSA) is 107 Å². The van der Waals surface area contributed by atoms with Crippen LogP contribution in [-0.2, 0) is 16.1 Å². The standard InChI is InChI=1S/C19H27N5O4.2ClH/c1-26-15-5-3-14(4-6-15)19-21-17(28-22-19)13-23-7-9-24(10-8-23)18(25)11-16(12-20)27-2;;/h3-6,16H,7-13,20H2,1-2H3;2*1H. The minimum atomic E-state index is -0.222. The summed E-state index contributed by atoms with van der Waals surface area (Å²) < 4.78 is 15.7. The quantitative estimate of drug-likeness (QED) is 0.631. The number of aromatic nitrogens is 2. The van der Waals surface area contributed by atoms with Crippen molar-refractivity contribution in [3.8, 4) is 17.1 Å². The SMILES string of the molecule is COc1ccc(-c2noc(CN3CCN(C(=O)CC(CN)OC)CC3)n2)cc1.Cl.Cl. The van der Waals surface area contributed by atoms with Gasteiger partial charge < -0.3 is 24.6 Å². The molecule has 0 spiro atoms. The fourth-order valence-electron chi connectivity index (χ4n) is 3.11. The van der Waals surface area contributed by atoms with Crippen molar-refractivity contribution in [2.45, 2.75) is 19.1 Å². The maximum atomic E-state index is 12.3. The van der Waals surface area contributed by atoms with E-state index in [2.05, 4.69) is 15.0 Å². The lowest BCUT2D eigenvalue weighted by Gasteiger charge is -2.34. The van der Waals surface area contributed by atoms with Crippen molar-refractivity contribution < 1.29 is 18.8 Å². The van der Waals surface area contributed by atoms with Gasteiger partial charge in [0, 0.05) is 45.4 Å². The van der Waals surface area contributed by atoms with Crippen LogP contribution in [0.1, 0.15) is 12.3 Å². The summed E-state index contributed by atoms with van der Waals surface area (Å²) in [6.07, 6.45) is 0.0994. The van der Waals surface area contributed by atoms with Gasteiger partial charge in [0.05, 0.1) is 26.2 Å². The van der Waals surface area contributed by atoms with Crippen molar-refractivity contribution in [1.82, 2.24) is 19.9 Å². The number of nitrogens with zero attached hydrogens (tertiary/aromatic N) is 4. The van der Waals surface area contributed by atoms with E-state index in [9.17, 15) is 4.79 Å². The van der Waals surface area contributed by atoms with Crippen LogP contribution in [0.3, 0.4) is 0 Å². The Morgan fingerprint density at radius 1 is 1.17 bits per heavy atom. The maximum Gasteiger partial charge on any atom is 0.241 e. The number of hydrogen-bond acceptors (Lipinski definition) is 8. The molecule has 3 rings (SSSR count). The fraction of sp³-hybridized carbons (Fsp3) is 0.526. The molecule has 2 N–H and O–H groups in total. The number of rotatable bonds is 8. The molecule has 11 heteroatoms. The Morgan fingerprint density at radius 2 is 1.83 bits per heavy atom. The highest BCUT2D eigenvalue weighted by Crippen LogP contribution is 2.20. The predicted octanol–water partition coefficient (Wildman–Crippen LogP) is 1.60. The van der Waals surface area contributed by atoms with Crippen LogP contribution in [0.2, 0.25) is 0 Å². The molecule has 168 valence electrons. The third-order valence-electron chi connectivity index (χ3n) is 4.90. The maximum absolute atomic E-state index is 12.3. The number of ether oxygens (including phenoxy) is 2. The number of carbonyl (C=O) groups is 1. The van der Waals surface area contributed by atoms with Crippen molar-refractivity contribution in [3.63, 3.8) is 0 Å². The first kappa shape index (κ1) is 26.1. The Morgan fingerprint density at radius 3 is 2.40 bits per heavy atom. The van der Waals surface area contributed by atoms with Gasteiger partial charge in [0.25, 0.3) is 0 Å². The highest BCUT2D eigenvalue weighted by molar-refractivity contribution is 5.85. The lowest BCUT2D eigenvalue weighted by Crippen LogP contribution is -2.49. The molecule has 0 radical (unpaired) electrons. The van der Waals surface area contributed by atoms with Gasteiger partial charge in [-0.2, -0.15) is 4.98 Å². The van der Waals surface area contributed by atoms with Crippen LogP contribution in [0.5, 0.6) is 5.75 Å². The number of hydrogen-bond donors (Lipinski definition) is 1. The highest BCUT2D eigenvalue weighted by atomic mass is 35.5. The van der Waals surface area contributed by atoms with Crippen molar-refractivity contribution in [1.29, 1.82) is 0 Å². The Labute approximate surface area is 188 Å². The van der Waals surface area contributed by atoms with Crippen molar-refractivity contribution in [3.05, 3.63) is 30.2 Å². The summed E-state index contributed by atoms with van der Waals surface area (Å²) in [4.78, 5) is 20.8. The summed E-state index contributed by atoms with van der Waals surface area (Å²) in [5.74, 6) is 1.98. The number of piperazine rings is 1. The smallest absolute Gasteiger partial charge is 0.241 e. The lowest BCUT2D eigenvalue weighted by molar-refractivity contribution is -0.135. The van der Waals surface area contributed by atoms with E-state index in [4.69, 9.17) is 19.7 Å². The minimum absolute atomic E-state index is 0. The zero-order valence-corrected chi connectivity index (χ0v) is 18.8. The molecule has 0 bridgehead atoms. The largest absolute Gasteiger partial charge is 0.497 e. The van der Waals surface area contributed by atoms with Gasteiger partial charge in [0.15, 0.2) is 0 Å². The van der Waals surface area contributed by atoms with Gasteiger partial charge in [-0.05, 0) is 24.3 Å². The molecule has 2 heterocycles. The van der Waals surface area contributed by atoms with E-state index in [1.54, 1.807) is 14.2 Å². The first-order chi connectivity index (χ1) is 13.6. The zero-order valence-electron chi connectivity index (χ0n) is 17.2. The van der Waals surface area contributed by atoms with Crippen LogP contribution in [-0.4, -0.2) is 78.9 Å². The lowest BCUT2D eigenvalue weighted by atomic mass is 10.2. The average molecular weight is 462 g/mol. The molecule has 1 fully saturated rings. The second kappa shape index (κ2) is 12.7. The number of methoxy groups -OCH3 is 2. The Bertz CT molecular complexity index is 763. The third-order valence-corrected chi connectivity index (χ3v) is 4.90. The molecule has 30 heavy (non-hydrogen) atoms. The molecular formula is C19H29Cl2N5O4. The Kier molecular flexibility index (Phi) is 11.1. The molecule has 1 saturated heterocycles. The molecular weight excluding hydrogens is 433 g/mol. The first-order valence-corrected chi connectivity index (χ1v) is 9.33. The molecule has 1 aromatic carbocycles. The average Bonchev–Trinajstić information content (AvgIpc) is 3.21. The minimum Gasteiger partial charge on any atom is -0.497 e. The van der Waals surface area contributed by atoms with Crippen molar-refractivity contribution in [2.24, 2.45) is 5.73 Å². The van der Waals surface area contributed by atoms with E-state index >= 15 is 0 Å². The van der Waals surface area contributed by atoms with Gasteiger partial charge in [-0.1, -0.05) is 5.16 Å². The zero-order chi connectivity index (χ0) is 19.9. The van der Waals surface area contributed by atoms with Crippen LogP contribution in [0, 0.1) is 0 Å². The normalized spacial score (nSPS) is 15.1. The third kappa shape index (κ3) is 6.82. The molecule has 1 aliphatic rings. The second-order valence-electron chi connectivity index (χ2n) is 6.69. The summed E-state index contributed by atoms with van der Waals surface area (Å²) in [6, 6.07) is 7.51. The number of carbonyl (C=O) groups excluding carboxylic acids is 1.